The van der Waals surface area contributed by atoms with Gasteiger partial charge in [-0.25, -0.2) is 4.98 Å². The van der Waals surface area contributed by atoms with Crippen LogP contribution in [0.2, 0.25) is 0 Å². The van der Waals surface area contributed by atoms with Gasteiger partial charge in [-0.15, -0.1) is 0 Å². The molecule has 5 heteroatoms. The van der Waals surface area contributed by atoms with Gasteiger partial charge >= 0.3 is 0 Å². The van der Waals surface area contributed by atoms with Crippen LogP contribution in [0.25, 0.3) is 0 Å². The second-order valence-electron chi connectivity index (χ2n) is 4.01. The molecule has 88 valence electrons. The summed E-state index contributed by atoms with van der Waals surface area (Å²) in [6.07, 6.45) is 3.45. The number of hydrogen-bond acceptors (Lipinski definition) is 4. The number of H-pyrrole nitrogens is 1. The van der Waals surface area contributed by atoms with E-state index < -0.39 is 0 Å². The Hall–Kier alpha value is -2.01. The van der Waals surface area contributed by atoms with Crippen molar-refractivity contribution in [3.8, 4) is 11.5 Å². The Kier molecular flexibility index (Phi) is 2.26. The standard InChI is InChI=1S/C12H13N3O2/c1-7-4-9-10(17-6-16-9)5-8(7)11(13)12-14-2-3-15-12/h2-5,11H,6,13H2,1H3,(H,14,15). The number of aromatic nitrogens is 2. The maximum atomic E-state index is 6.17. The van der Waals surface area contributed by atoms with E-state index in [9.17, 15) is 0 Å². The first-order chi connectivity index (χ1) is 8.25. The van der Waals surface area contributed by atoms with Gasteiger partial charge in [0.05, 0.1) is 6.04 Å². The van der Waals surface area contributed by atoms with Crippen molar-refractivity contribution >= 4 is 0 Å². The Morgan fingerprint density at radius 1 is 1.35 bits per heavy atom. The number of benzene rings is 1. The average Bonchev–Trinajstić information content (AvgIpc) is 2.97. The molecule has 0 bridgehead atoms. The van der Waals surface area contributed by atoms with Gasteiger partial charge in [0.25, 0.3) is 0 Å². The van der Waals surface area contributed by atoms with Crippen LogP contribution in [0, 0.1) is 6.92 Å². The summed E-state index contributed by atoms with van der Waals surface area (Å²) in [6.45, 7) is 2.27. The molecule has 0 spiro atoms. The summed E-state index contributed by atoms with van der Waals surface area (Å²) in [7, 11) is 0. The molecule has 0 saturated carbocycles. The molecular weight excluding hydrogens is 218 g/mol. The van der Waals surface area contributed by atoms with Crippen molar-refractivity contribution in [1.82, 2.24) is 9.97 Å². The van der Waals surface area contributed by atoms with Crippen LogP contribution in [0.15, 0.2) is 24.5 Å². The van der Waals surface area contributed by atoms with Gasteiger partial charge in [-0.05, 0) is 30.2 Å². The van der Waals surface area contributed by atoms with Gasteiger partial charge in [0.1, 0.15) is 5.82 Å². The molecule has 0 radical (unpaired) electrons. The summed E-state index contributed by atoms with van der Waals surface area (Å²) in [5.41, 5.74) is 8.22. The van der Waals surface area contributed by atoms with E-state index in [-0.39, 0.29) is 12.8 Å². The van der Waals surface area contributed by atoms with Gasteiger partial charge < -0.3 is 20.2 Å². The zero-order chi connectivity index (χ0) is 11.8. The zero-order valence-electron chi connectivity index (χ0n) is 9.43. The molecule has 0 fully saturated rings. The molecule has 2 aromatic rings. The quantitative estimate of drug-likeness (QED) is 0.821. The fourth-order valence-corrected chi connectivity index (χ4v) is 1.99. The number of ether oxygens (including phenoxy) is 2. The van der Waals surface area contributed by atoms with E-state index in [1.165, 1.54) is 0 Å². The summed E-state index contributed by atoms with van der Waals surface area (Å²) in [5, 5.41) is 0. The van der Waals surface area contributed by atoms with Gasteiger partial charge in [-0.3, -0.25) is 0 Å². The minimum Gasteiger partial charge on any atom is -0.454 e. The van der Waals surface area contributed by atoms with Crippen LogP contribution in [0.3, 0.4) is 0 Å². The Labute approximate surface area is 98.6 Å². The largest absolute Gasteiger partial charge is 0.454 e. The maximum absolute atomic E-state index is 6.17. The first kappa shape index (κ1) is 10.2. The molecule has 17 heavy (non-hydrogen) atoms. The molecule has 3 rings (SSSR count). The monoisotopic (exact) mass is 231 g/mol. The Bertz CT molecular complexity index is 537. The maximum Gasteiger partial charge on any atom is 0.231 e. The second-order valence-corrected chi connectivity index (χ2v) is 4.01. The van der Waals surface area contributed by atoms with Gasteiger partial charge in [0.15, 0.2) is 11.5 Å². The zero-order valence-corrected chi connectivity index (χ0v) is 9.43. The Morgan fingerprint density at radius 3 is 2.82 bits per heavy atom. The normalized spacial score (nSPS) is 14.9. The van der Waals surface area contributed by atoms with Gasteiger partial charge in [-0.1, -0.05) is 0 Å². The van der Waals surface area contributed by atoms with Crippen molar-refractivity contribution in [3.63, 3.8) is 0 Å². The molecule has 1 aliphatic heterocycles. The topological polar surface area (TPSA) is 73.2 Å². The number of nitrogens with one attached hydrogen (secondary N) is 1. The highest BCUT2D eigenvalue weighted by Crippen LogP contribution is 2.36. The number of aryl methyl sites for hydroxylation is 1. The van der Waals surface area contributed by atoms with Crippen molar-refractivity contribution in [1.29, 1.82) is 0 Å². The van der Waals surface area contributed by atoms with Crippen molar-refractivity contribution in [2.24, 2.45) is 5.73 Å². The van der Waals surface area contributed by atoms with Crippen LogP contribution in [0.1, 0.15) is 23.0 Å². The lowest BCUT2D eigenvalue weighted by Crippen LogP contribution is -2.14. The molecule has 5 nitrogen and oxygen atoms in total. The summed E-state index contributed by atoms with van der Waals surface area (Å²) < 4.78 is 10.7. The van der Waals surface area contributed by atoms with Crippen LogP contribution in [0.4, 0.5) is 0 Å². The van der Waals surface area contributed by atoms with Crippen molar-refractivity contribution in [2.45, 2.75) is 13.0 Å². The Balaban J connectivity index is 2.03. The van der Waals surface area contributed by atoms with Crippen LogP contribution in [-0.2, 0) is 0 Å². The van der Waals surface area contributed by atoms with E-state index in [1.54, 1.807) is 12.4 Å². The van der Waals surface area contributed by atoms with Gasteiger partial charge in [-0.2, -0.15) is 0 Å². The summed E-state index contributed by atoms with van der Waals surface area (Å²) >= 11 is 0. The van der Waals surface area contributed by atoms with Crippen LogP contribution in [0.5, 0.6) is 11.5 Å². The number of imidazole rings is 1. The third-order valence-corrected chi connectivity index (χ3v) is 2.91. The molecule has 1 unspecified atom stereocenters. The fourth-order valence-electron chi connectivity index (χ4n) is 1.99. The first-order valence-electron chi connectivity index (χ1n) is 5.40. The molecule has 0 aliphatic carbocycles. The highest BCUT2D eigenvalue weighted by atomic mass is 16.7. The van der Waals surface area contributed by atoms with E-state index in [4.69, 9.17) is 15.2 Å². The number of nitrogens with two attached hydrogens (primary N) is 1. The molecule has 1 aromatic carbocycles. The average molecular weight is 231 g/mol. The van der Waals surface area contributed by atoms with Crippen LogP contribution < -0.4 is 15.2 Å². The highest BCUT2D eigenvalue weighted by Gasteiger charge is 2.20. The van der Waals surface area contributed by atoms with Crippen LogP contribution >= 0.6 is 0 Å². The van der Waals surface area contributed by atoms with Gasteiger partial charge in [0.2, 0.25) is 6.79 Å². The lowest BCUT2D eigenvalue weighted by atomic mass is 10.0. The molecule has 2 heterocycles. The number of fused-ring (bicyclic) bond motifs is 1. The number of rotatable bonds is 2. The minimum atomic E-state index is -0.278. The third-order valence-electron chi connectivity index (χ3n) is 2.91. The highest BCUT2D eigenvalue weighted by molar-refractivity contribution is 5.50. The number of aromatic amines is 1. The molecule has 1 aromatic heterocycles. The predicted molar refractivity (Wildman–Crippen MR) is 61.9 cm³/mol. The van der Waals surface area contributed by atoms with E-state index in [2.05, 4.69) is 9.97 Å². The lowest BCUT2D eigenvalue weighted by molar-refractivity contribution is 0.174. The molecule has 1 atom stereocenters. The molecule has 0 amide bonds. The Morgan fingerprint density at radius 2 is 2.12 bits per heavy atom. The lowest BCUT2D eigenvalue weighted by Gasteiger charge is -2.13. The molecular formula is C12H13N3O2. The van der Waals surface area contributed by atoms with Crippen molar-refractivity contribution in [2.75, 3.05) is 6.79 Å². The molecule has 0 saturated heterocycles. The van der Waals surface area contributed by atoms with Crippen molar-refractivity contribution in [3.05, 3.63) is 41.5 Å². The van der Waals surface area contributed by atoms with Gasteiger partial charge in [0, 0.05) is 12.4 Å². The summed E-state index contributed by atoms with van der Waals surface area (Å²) in [4.78, 5) is 7.20. The van der Waals surface area contributed by atoms with E-state index in [1.807, 2.05) is 19.1 Å². The molecule has 1 aliphatic rings. The third kappa shape index (κ3) is 1.64. The summed E-state index contributed by atoms with van der Waals surface area (Å²) in [6, 6.07) is 3.59. The summed E-state index contributed by atoms with van der Waals surface area (Å²) in [5.74, 6) is 2.26. The van der Waals surface area contributed by atoms with E-state index >= 15 is 0 Å². The SMILES string of the molecule is Cc1cc2c(cc1C(N)c1ncc[nH]1)OCO2. The molecule has 3 N–H and O–H groups in total. The fraction of sp³-hybridized carbons (Fsp3) is 0.250. The number of hydrogen-bond donors (Lipinski definition) is 2. The van der Waals surface area contributed by atoms with Crippen LogP contribution in [-0.4, -0.2) is 16.8 Å². The number of nitrogens with zero attached hydrogens (tertiary/aromatic N) is 1. The first-order valence-corrected chi connectivity index (χ1v) is 5.40. The van der Waals surface area contributed by atoms with E-state index in [0.717, 1.165) is 28.5 Å². The predicted octanol–water partition coefficient (Wildman–Crippen LogP) is 1.49. The van der Waals surface area contributed by atoms with E-state index in [0.29, 0.717) is 0 Å². The smallest absolute Gasteiger partial charge is 0.231 e. The minimum absolute atomic E-state index is 0.272. The second kappa shape index (κ2) is 3.78. The van der Waals surface area contributed by atoms with Crippen molar-refractivity contribution < 1.29 is 9.47 Å².